The molecule has 19 heavy (non-hydrogen) atoms. The lowest BCUT2D eigenvalue weighted by atomic mass is 10.2. The number of hydrazine groups is 2. The molecule has 0 saturated carbocycles. The van der Waals surface area contributed by atoms with Crippen molar-refractivity contribution in [1.82, 2.24) is 9.84 Å². The summed E-state index contributed by atoms with van der Waals surface area (Å²) in [4.78, 5) is 12.2. The van der Waals surface area contributed by atoms with Crippen molar-refractivity contribution in [3.05, 3.63) is 27.8 Å². The Balaban J connectivity index is 3.45. The summed E-state index contributed by atoms with van der Waals surface area (Å²) in [6.45, 7) is 1.52. The van der Waals surface area contributed by atoms with Crippen molar-refractivity contribution >= 4 is 21.4 Å². The molecule has 0 saturated heterocycles. The van der Waals surface area contributed by atoms with E-state index in [1.807, 2.05) is 0 Å². The number of hydrogen-bond donors (Lipinski definition) is 3. The fourth-order valence-electron chi connectivity index (χ4n) is 1.52. The number of nitrogens with zero attached hydrogens (tertiary/aromatic N) is 2. The van der Waals surface area contributed by atoms with E-state index in [0.717, 1.165) is 6.07 Å². The Morgan fingerprint density at radius 2 is 1.95 bits per heavy atom. The largest absolute Gasteiger partial charge is 0.318 e. The van der Waals surface area contributed by atoms with Gasteiger partial charge in [0, 0.05) is 20.2 Å². The third kappa shape index (κ3) is 3.38. The fraction of sp³-hybridized carbons (Fsp3) is 0.333. The van der Waals surface area contributed by atoms with Crippen LogP contribution in [0.15, 0.2) is 17.0 Å². The maximum absolute atomic E-state index is 12.0. The summed E-state index contributed by atoms with van der Waals surface area (Å²) < 4.78 is 24.0. The van der Waals surface area contributed by atoms with E-state index < -0.39 is 20.6 Å². The molecule has 0 atom stereocenters. The van der Waals surface area contributed by atoms with Gasteiger partial charge >= 0.3 is 0 Å². The van der Waals surface area contributed by atoms with Crippen molar-refractivity contribution in [2.75, 3.05) is 19.5 Å². The Morgan fingerprint density at radius 1 is 1.37 bits per heavy atom. The quantitative estimate of drug-likeness (QED) is 0.393. The minimum Gasteiger partial charge on any atom is -0.318 e. The third-order valence-electron chi connectivity index (χ3n) is 2.24. The second kappa shape index (κ2) is 5.48. The van der Waals surface area contributed by atoms with Crippen LogP contribution in [0.4, 0.5) is 11.4 Å². The number of nitrogens with one attached hydrogen (secondary N) is 2. The van der Waals surface area contributed by atoms with Crippen LogP contribution < -0.4 is 16.1 Å². The van der Waals surface area contributed by atoms with Crippen molar-refractivity contribution < 1.29 is 13.3 Å². The van der Waals surface area contributed by atoms with Crippen molar-refractivity contribution in [3.63, 3.8) is 0 Å². The molecule has 0 aliphatic rings. The first-order valence-electron chi connectivity index (χ1n) is 5.14. The summed E-state index contributed by atoms with van der Waals surface area (Å²) in [7, 11) is -0.874. The number of aryl methyl sites for hydroxylation is 1. The second-order valence-electron chi connectivity index (χ2n) is 4.03. The molecule has 0 bridgehead atoms. The number of anilines is 1. The van der Waals surface area contributed by atoms with Crippen LogP contribution >= 0.6 is 0 Å². The number of nitrogens with two attached hydrogens (primary N) is 1. The molecule has 0 aromatic heterocycles. The number of rotatable bonds is 5. The summed E-state index contributed by atoms with van der Waals surface area (Å²) in [5.74, 6) is 5.17. The fourth-order valence-corrected chi connectivity index (χ4v) is 2.85. The van der Waals surface area contributed by atoms with Crippen LogP contribution in [0.25, 0.3) is 0 Å². The van der Waals surface area contributed by atoms with E-state index in [4.69, 9.17) is 5.84 Å². The molecule has 0 fully saturated rings. The lowest BCUT2D eigenvalue weighted by molar-refractivity contribution is -0.384. The molecule has 1 aromatic rings. The SMILES string of the molecule is Cc1cc(NN)c([N+](=O)[O-])cc1S(=O)(=O)NN(C)C. The first kappa shape index (κ1) is 15.3. The van der Waals surface area contributed by atoms with Gasteiger partial charge in [0.05, 0.1) is 9.82 Å². The highest BCUT2D eigenvalue weighted by molar-refractivity contribution is 7.89. The molecule has 1 rings (SSSR count). The Morgan fingerprint density at radius 3 is 2.37 bits per heavy atom. The molecule has 0 heterocycles. The van der Waals surface area contributed by atoms with Gasteiger partial charge in [-0.2, -0.15) is 0 Å². The molecule has 9 nitrogen and oxygen atoms in total. The van der Waals surface area contributed by atoms with Gasteiger partial charge in [-0.25, -0.2) is 13.4 Å². The zero-order valence-corrected chi connectivity index (χ0v) is 11.5. The van der Waals surface area contributed by atoms with E-state index in [0.29, 0.717) is 5.56 Å². The molecule has 1 aromatic carbocycles. The summed E-state index contributed by atoms with van der Waals surface area (Å²) in [6, 6.07) is 2.28. The van der Waals surface area contributed by atoms with Crippen molar-refractivity contribution in [2.24, 2.45) is 5.84 Å². The molecule has 0 aliphatic carbocycles. The van der Waals surface area contributed by atoms with Crippen LogP contribution in [0.5, 0.6) is 0 Å². The van der Waals surface area contributed by atoms with Gasteiger partial charge in [-0.05, 0) is 18.6 Å². The lowest BCUT2D eigenvalue weighted by Gasteiger charge is -2.14. The van der Waals surface area contributed by atoms with Crippen LogP contribution in [-0.4, -0.2) is 32.4 Å². The number of benzene rings is 1. The number of nitro groups is 1. The van der Waals surface area contributed by atoms with Crippen LogP contribution in [-0.2, 0) is 10.0 Å². The Bertz CT molecular complexity index is 599. The van der Waals surface area contributed by atoms with Gasteiger partial charge in [-0.15, -0.1) is 4.83 Å². The Hall–Kier alpha value is -1.75. The minimum absolute atomic E-state index is 0.0475. The second-order valence-corrected chi connectivity index (χ2v) is 5.65. The average Bonchev–Trinajstić information content (AvgIpc) is 2.25. The summed E-state index contributed by atoms with van der Waals surface area (Å²) >= 11 is 0. The van der Waals surface area contributed by atoms with E-state index in [9.17, 15) is 18.5 Å². The van der Waals surface area contributed by atoms with Crippen molar-refractivity contribution in [2.45, 2.75) is 11.8 Å². The van der Waals surface area contributed by atoms with Gasteiger partial charge in [0.2, 0.25) is 0 Å². The van der Waals surface area contributed by atoms with Gasteiger partial charge in [-0.1, -0.05) is 0 Å². The number of sulfonamides is 1. The molecular weight excluding hydrogens is 274 g/mol. The van der Waals surface area contributed by atoms with E-state index in [1.165, 1.54) is 32.1 Å². The van der Waals surface area contributed by atoms with E-state index in [2.05, 4.69) is 10.3 Å². The average molecular weight is 289 g/mol. The van der Waals surface area contributed by atoms with Crippen molar-refractivity contribution in [3.8, 4) is 0 Å². The molecule has 106 valence electrons. The molecule has 0 unspecified atom stereocenters. The van der Waals surface area contributed by atoms with Gasteiger partial charge in [0.15, 0.2) is 0 Å². The number of nitrogen functional groups attached to an aromatic ring is 1. The first-order chi connectivity index (χ1) is 8.69. The van der Waals surface area contributed by atoms with E-state index in [1.54, 1.807) is 0 Å². The standard InChI is InChI=1S/C9H15N5O4S/c1-6-4-7(11-10)8(14(15)16)5-9(6)19(17,18)12-13(2)3/h4-5,11-12H,10H2,1-3H3. The predicted octanol–water partition coefficient (Wildman–Crippen LogP) is -0.0563. The predicted molar refractivity (Wildman–Crippen MR) is 69.7 cm³/mol. The number of nitro benzene ring substituents is 1. The summed E-state index contributed by atoms with van der Waals surface area (Å²) in [5, 5.41) is 12.1. The van der Waals surface area contributed by atoms with Gasteiger partial charge < -0.3 is 5.43 Å². The first-order valence-corrected chi connectivity index (χ1v) is 6.62. The minimum atomic E-state index is -3.87. The van der Waals surface area contributed by atoms with Gasteiger partial charge in [0.1, 0.15) is 5.69 Å². The number of hydrogen-bond acceptors (Lipinski definition) is 7. The topological polar surface area (TPSA) is 131 Å². The molecule has 0 amide bonds. The highest BCUT2D eigenvalue weighted by atomic mass is 32.2. The van der Waals surface area contributed by atoms with Crippen LogP contribution in [0.1, 0.15) is 5.56 Å². The van der Waals surface area contributed by atoms with Crippen LogP contribution in [0.2, 0.25) is 0 Å². The Kier molecular flexibility index (Phi) is 4.42. The summed E-state index contributed by atoms with van der Waals surface area (Å²) in [6.07, 6.45) is 0. The highest BCUT2D eigenvalue weighted by Crippen LogP contribution is 2.29. The van der Waals surface area contributed by atoms with E-state index >= 15 is 0 Å². The molecule has 0 aliphatic heterocycles. The maximum atomic E-state index is 12.0. The van der Waals surface area contributed by atoms with Gasteiger partial charge in [-0.3, -0.25) is 16.0 Å². The van der Waals surface area contributed by atoms with Gasteiger partial charge in [0.25, 0.3) is 15.7 Å². The lowest BCUT2D eigenvalue weighted by Crippen LogP contribution is -2.36. The monoisotopic (exact) mass is 289 g/mol. The van der Waals surface area contributed by atoms with E-state index in [-0.39, 0.29) is 10.6 Å². The molecule has 0 spiro atoms. The van der Waals surface area contributed by atoms with Crippen LogP contribution in [0, 0.1) is 17.0 Å². The van der Waals surface area contributed by atoms with Crippen molar-refractivity contribution in [1.29, 1.82) is 0 Å². The normalized spacial score (nSPS) is 11.6. The third-order valence-corrected chi connectivity index (χ3v) is 3.86. The van der Waals surface area contributed by atoms with Crippen LogP contribution in [0.3, 0.4) is 0 Å². The molecular formula is C9H15N5O4S. The zero-order valence-electron chi connectivity index (χ0n) is 10.7. The zero-order chi connectivity index (χ0) is 14.8. The maximum Gasteiger partial charge on any atom is 0.295 e. The molecule has 0 radical (unpaired) electrons. The highest BCUT2D eigenvalue weighted by Gasteiger charge is 2.24. The molecule has 4 N–H and O–H groups in total. The smallest absolute Gasteiger partial charge is 0.295 e. The molecule has 10 heteroatoms. The summed E-state index contributed by atoms with van der Waals surface area (Å²) in [5.41, 5.74) is 2.15. The Labute approximate surface area is 110 Å².